The van der Waals surface area contributed by atoms with Gasteiger partial charge in [-0.2, -0.15) is 0 Å². The van der Waals surface area contributed by atoms with Gasteiger partial charge in [0.1, 0.15) is 0 Å². The highest BCUT2D eigenvalue weighted by atomic mass is 79.9. The lowest BCUT2D eigenvalue weighted by Crippen LogP contribution is -1.99. The van der Waals surface area contributed by atoms with Gasteiger partial charge in [-0.15, -0.1) is 0 Å². The third kappa shape index (κ3) is 17.2. The Kier molecular flexibility index (Phi) is 26.8. The lowest BCUT2D eigenvalue weighted by molar-refractivity contribution is 1.51. The van der Waals surface area contributed by atoms with E-state index in [9.17, 15) is 28.8 Å². The van der Waals surface area contributed by atoms with E-state index in [-0.39, 0.29) is 32.6 Å². The summed E-state index contributed by atoms with van der Waals surface area (Å²) in [5.41, 5.74) is 1.46. The lowest BCUT2D eigenvalue weighted by Gasteiger charge is -2.05. The van der Waals surface area contributed by atoms with E-state index < -0.39 is 0 Å². The van der Waals surface area contributed by atoms with Crippen LogP contribution in [0.5, 0.6) is 0 Å². The summed E-state index contributed by atoms with van der Waals surface area (Å²) in [6.45, 7) is 2.02. The van der Waals surface area contributed by atoms with Crippen LogP contribution < -0.4 is 32.6 Å². The van der Waals surface area contributed by atoms with E-state index >= 15 is 0 Å². The van der Waals surface area contributed by atoms with Crippen molar-refractivity contribution in [2.45, 2.75) is 6.92 Å². The first kappa shape index (κ1) is 91.8. The van der Waals surface area contributed by atoms with E-state index in [4.69, 9.17) is 0 Å². The SMILES string of the molecule is Cc1ccc2c(c1)c(=O)c1cccc(Br)c1c1ccccc21.O=c1c2ccccc2c2ccccc2c2c(Br)c(Br)c(Br)cc12.O=c1c2ccccc2c2ccccc2c2c(Br)cc(Br)cc12.O=c1c2ccccc2c2ccccc2c2cc(Br)c(Br)cc12.O=c1c2ccccc2c2ccccc2c2cc(Br)cc(Br)c12.O=c1c2ccccc2c2ccccc2c2ccc(Br)c(Br)c12. The van der Waals surface area contributed by atoms with Gasteiger partial charge >= 0.3 is 0 Å². The fraction of sp³-hybridized carbons (Fsp3) is 0.00870. The molecule has 0 spiro atoms. The quantitative estimate of drug-likeness (QED) is 0.140. The van der Waals surface area contributed by atoms with Crippen molar-refractivity contribution in [1.29, 1.82) is 0 Å². The molecule has 0 radical (unpaired) electrons. The van der Waals surface area contributed by atoms with Crippen molar-refractivity contribution in [1.82, 2.24) is 0 Å². The molecule has 0 aliphatic heterocycles. The molecule has 0 unspecified atom stereocenters. The first-order valence-electron chi connectivity index (χ1n) is 41.8. The van der Waals surface area contributed by atoms with Crippen molar-refractivity contribution in [3.63, 3.8) is 0 Å². The molecular weight excluding hydrogens is 2440 g/mol. The van der Waals surface area contributed by atoms with Crippen LogP contribution in [0.3, 0.4) is 0 Å². The van der Waals surface area contributed by atoms with Gasteiger partial charge < -0.3 is 0 Å². The third-order valence-corrected chi connectivity index (χ3v) is 34.1. The zero-order valence-electron chi connectivity index (χ0n) is 69.5. The maximum absolute atomic E-state index is 13.2. The molecule has 0 saturated heterocycles. The summed E-state index contributed by atoms with van der Waals surface area (Å²) < 4.78 is 10.7. The molecular formula is C115H62Br12O6. The minimum absolute atomic E-state index is 0.0423. The van der Waals surface area contributed by atoms with Crippen LogP contribution in [0.2, 0.25) is 0 Å². The summed E-state index contributed by atoms with van der Waals surface area (Å²) in [7, 11) is 0. The molecule has 0 saturated carbocycles. The summed E-state index contributed by atoms with van der Waals surface area (Å²) in [4.78, 5) is 78.5. The van der Waals surface area contributed by atoms with Crippen molar-refractivity contribution >= 4 is 385 Å². The molecule has 0 heterocycles. The fourth-order valence-corrected chi connectivity index (χ4v) is 24.8. The smallest absolute Gasteiger partial charge is 0.195 e. The van der Waals surface area contributed by atoms with Crippen LogP contribution >= 0.6 is 191 Å². The zero-order chi connectivity index (χ0) is 92.5. The number of hydrogen-bond donors (Lipinski definition) is 0. The Morgan fingerprint density at radius 3 is 0.827 bits per heavy atom. The van der Waals surface area contributed by atoms with Gasteiger partial charge in [-0.1, -0.05) is 367 Å². The van der Waals surface area contributed by atoms with E-state index in [1.807, 2.05) is 280 Å². The topological polar surface area (TPSA) is 102 Å². The van der Waals surface area contributed by atoms with Crippen LogP contribution in [0.1, 0.15) is 5.56 Å². The average molecular weight is 2500 g/mol. The van der Waals surface area contributed by atoms with E-state index in [1.165, 1.54) is 0 Å². The van der Waals surface area contributed by atoms with Crippen molar-refractivity contribution in [2.24, 2.45) is 0 Å². The predicted octanol–water partition coefficient (Wildman–Crippen LogP) is 36.5. The van der Waals surface area contributed by atoms with Crippen LogP contribution in [-0.4, -0.2) is 0 Å². The molecule has 642 valence electrons. The third-order valence-electron chi connectivity index (χ3n) is 24.1. The molecule has 0 fully saturated rings. The van der Waals surface area contributed by atoms with Crippen molar-refractivity contribution in [3.8, 4) is 0 Å². The van der Waals surface area contributed by atoms with Gasteiger partial charge in [-0.05, 0) is 308 Å². The van der Waals surface area contributed by atoms with Crippen LogP contribution in [0.4, 0.5) is 0 Å². The Morgan fingerprint density at radius 2 is 0.398 bits per heavy atom. The van der Waals surface area contributed by atoms with E-state index in [2.05, 4.69) is 276 Å². The standard InChI is InChI=1S/C20H13BrO.C19H9Br3O.4C19H10Br2O/c1-12-9-10-14-13-5-2-3-6-15(13)19-16(7-4-8-18(19)21)20(22)17(14)11-12;20-15-9-14-16(18(22)17(15)21)12-7-3-1-5-10(12)11-6-2-4-8-13(11)19(14)23;20-11-9-16-18(17(21)10-11)14-7-3-1-5-12(14)13-6-2-4-8-15(13)19(16)22;20-11-9-16-14-7-2-1-5-12(14)13-6-3-4-8-15(13)19(22)18(16)17(21)10-11;20-17-9-15-13-7-2-1-5-11(13)12-6-3-4-8-14(12)19(22)16(15)10-18(17)21;20-16-10-9-14-12-6-2-1-5-11(12)13-7-3-4-8-15(13)19(22)17(14)18(16)21/h2-11H,1H3;1-9H;4*1-10H. The molecule has 0 atom stereocenters. The maximum atomic E-state index is 13.2. The second-order valence-corrected chi connectivity index (χ2v) is 42.0. The molecule has 0 aromatic heterocycles. The van der Waals surface area contributed by atoms with Gasteiger partial charge in [0.25, 0.3) is 0 Å². The molecule has 24 rings (SSSR count). The molecule has 0 aliphatic carbocycles. The maximum Gasteiger partial charge on any atom is 0.195 e. The first-order valence-corrected chi connectivity index (χ1v) is 51.3. The first-order chi connectivity index (χ1) is 64.4. The molecule has 0 aliphatic rings. The van der Waals surface area contributed by atoms with Crippen LogP contribution in [0, 0.1) is 6.92 Å². The number of halogens is 12. The van der Waals surface area contributed by atoms with Crippen molar-refractivity contribution in [3.05, 3.63) is 478 Å². The Labute approximate surface area is 860 Å². The highest BCUT2D eigenvalue weighted by molar-refractivity contribution is 9.15. The Balaban J connectivity index is 0.000000103. The van der Waals surface area contributed by atoms with Crippen molar-refractivity contribution in [2.75, 3.05) is 0 Å². The van der Waals surface area contributed by atoms with Crippen LogP contribution in [0.15, 0.2) is 440 Å². The van der Waals surface area contributed by atoms with Gasteiger partial charge in [-0.25, -0.2) is 0 Å². The largest absolute Gasteiger partial charge is 0.289 e. The highest BCUT2D eigenvalue weighted by Gasteiger charge is 2.21. The number of fused-ring (bicyclic) bond motifs is 30. The number of rotatable bonds is 0. The molecule has 0 N–H and O–H groups in total. The van der Waals surface area contributed by atoms with Gasteiger partial charge in [0.05, 0.1) is 0 Å². The van der Waals surface area contributed by atoms with E-state index in [1.54, 1.807) is 0 Å². The Morgan fingerprint density at radius 1 is 0.135 bits per heavy atom. The van der Waals surface area contributed by atoms with E-state index in [0.29, 0.717) is 10.8 Å². The van der Waals surface area contributed by atoms with Gasteiger partial charge in [0, 0.05) is 134 Å². The summed E-state index contributed by atoms with van der Waals surface area (Å²) >= 11 is 42.8. The molecule has 0 amide bonds. The van der Waals surface area contributed by atoms with Crippen molar-refractivity contribution < 1.29 is 0 Å². The van der Waals surface area contributed by atoms with Crippen LogP contribution in [-0.2, 0) is 0 Å². The summed E-state index contributed by atoms with van der Waals surface area (Å²) in [5.74, 6) is 0. The molecule has 6 nitrogen and oxygen atoms in total. The second-order valence-electron chi connectivity index (χ2n) is 31.8. The monoisotopic (exact) mass is 2490 g/mol. The molecule has 0 bridgehead atoms. The second kappa shape index (κ2) is 38.8. The Bertz CT molecular complexity index is 9510. The molecule has 18 heteroatoms. The van der Waals surface area contributed by atoms with Gasteiger partial charge in [0.2, 0.25) is 0 Å². The summed E-state index contributed by atoms with van der Waals surface area (Å²) in [5, 5.41) is 33.6. The average Bonchev–Trinajstić information content (AvgIpc) is 1.61. The minimum Gasteiger partial charge on any atom is -0.289 e. The lowest BCUT2D eigenvalue weighted by atomic mass is 10.0. The Hall–Kier alpha value is -10.3. The number of hydrogen-bond acceptors (Lipinski definition) is 6. The van der Waals surface area contributed by atoms with Gasteiger partial charge in [0.15, 0.2) is 32.6 Å². The predicted molar refractivity (Wildman–Crippen MR) is 609 cm³/mol. The molecule has 24 aromatic rings. The molecule has 133 heavy (non-hydrogen) atoms. The van der Waals surface area contributed by atoms with E-state index in [0.717, 1.165) is 242 Å². The normalized spacial score (nSPS) is 11.4. The van der Waals surface area contributed by atoms with Crippen LogP contribution in [0.25, 0.3) is 194 Å². The van der Waals surface area contributed by atoms with Gasteiger partial charge in [-0.3, -0.25) is 28.8 Å². The molecule has 24 aromatic carbocycles. The zero-order valence-corrected chi connectivity index (χ0v) is 88.6. The minimum atomic E-state index is 0.0423. The number of aryl methyl sites for hydroxylation is 1. The summed E-state index contributed by atoms with van der Waals surface area (Å²) in [6.07, 6.45) is 0. The fourth-order valence-electron chi connectivity index (χ4n) is 18.2. The highest BCUT2D eigenvalue weighted by Crippen LogP contribution is 2.44. The summed E-state index contributed by atoms with van der Waals surface area (Å²) in [6, 6.07) is 118. The number of benzene rings is 18.